The lowest BCUT2D eigenvalue weighted by molar-refractivity contribution is -0.129. The molecule has 0 aliphatic rings. The van der Waals surface area contributed by atoms with Crippen LogP contribution in [0.5, 0.6) is 0 Å². The first kappa shape index (κ1) is 13.3. The summed E-state index contributed by atoms with van der Waals surface area (Å²) >= 11 is 0. The van der Waals surface area contributed by atoms with E-state index in [1.807, 2.05) is 6.92 Å². The number of hydrogen-bond acceptors (Lipinski definition) is 3. The van der Waals surface area contributed by atoms with Gasteiger partial charge >= 0.3 is 0 Å². The number of hydrogen-bond donors (Lipinski definition) is 2. The Morgan fingerprint density at radius 1 is 1.64 bits per heavy atom. The van der Waals surface area contributed by atoms with Gasteiger partial charge < -0.3 is 15.7 Å². The minimum absolute atomic E-state index is 0. The third-order valence-electron chi connectivity index (χ3n) is 1.28. The molecule has 4 nitrogen and oxygen atoms in total. The number of halogens is 1. The van der Waals surface area contributed by atoms with E-state index in [0.717, 1.165) is 0 Å². The second kappa shape index (κ2) is 7.78. The van der Waals surface area contributed by atoms with Crippen LogP contribution in [0.4, 0.5) is 0 Å². The van der Waals surface area contributed by atoms with Crippen LogP contribution in [0.25, 0.3) is 0 Å². The number of nitrogens with two attached hydrogens (primary N) is 1. The van der Waals surface area contributed by atoms with Gasteiger partial charge in [-0.2, -0.15) is 0 Å². The Labute approximate surface area is 72.8 Å². The van der Waals surface area contributed by atoms with Crippen molar-refractivity contribution in [3.63, 3.8) is 0 Å². The zero-order valence-electron chi connectivity index (χ0n) is 6.62. The standard InChI is InChI=1S/C6H14N2O2.ClH/c1-2-8(3-4-9)6(10)5-7;/h9H,2-5,7H2,1H3;1H. The summed E-state index contributed by atoms with van der Waals surface area (Å²) < 4.78 is 0. The van der Waals surface area contributed by atoms with Crippen molar-refractivity contribution < 1.29 is 9.90 Å². The van der Waals surface area contributed by atoms with Crippen LogP contribution in [0.2, 0.25) is 0 Å². The number of aliphatic hydroxyl groups excluding tert-OH is 1. The summed E-state index contributed by atoms with van der Waals surface area (Å²) in [6, 6.07) is 0. The highest BCUT2D eigenvalue weighted by atomic mass is 35.5. The molecule has 0 bridgehead atoms. The van der Waals surface area contributed by atoms with Gasteiger partial charge in [0.15, 0.2) is 0 Å². The van der Waals surface area contributed by atoms with E-state index in [-0.39, 0.29) is 31.5 Å². The molecule has 5 heteroatoms. The Morgan fingerprint density at radius 3 is 2.45 bits per heavy atom. The van der Waals surface area contributed by atoms with E-state index in [0.29, 0.717) is 13.1 Å². The van der Waals surface area contributed by atoms with Crippen LogP contribution >= 0.6 is 12.4 Å². The fourth-order valence-electron chi connectivity index (χ4n) is 0.709. The van der Waals surface area contributed by atoms with Crippen molar-refractivity contribution in [3.8, 4) is 0 Å². The molecule has 1 amide bonds. The van der Waals surface area contributed by atoms with E-state index in [1.54, 1.807) is 0 Å². The van der Waals surface area contributed by atoms with Crippen molar-refractivity contribution in [2.24, 2.45) is 5.73 Å². The quantitative estimate of drug-likeness (QED) is 0.599. The van der Waals surface area contributed by atoms with Gasteiger partial charge in [0.25, 0.3) is 0 Å². The van der Waals surface area contributed by atoms with Crippen LogP contribution in [-0.4, -0.2) is 42.2 Å². The summed E-state index contributed by atoms with van der Waals surface area (Å²) in [6.45, 7) is 2.86. The lowest BCUT2D eigenvalue weighted by Crippen LogP contribution is -2.37. The molecule has 0 aliphatic heterocycles. The lowest BCUT2D eigenvalue weighted by Gasteiger charge is -2.17. The largest absolute Gasteiger partial charge is 0.395 e. The number of rotatable bonds is 4. The Balaban J connectivity index is 0. The fourth-order valence-corrected chi connectivity index (χ4v) is 0.709. The van der Waals surface area contributed by atoms with Crippen LogP contribution in [0.15, 0.2) is 0 Å². The fraction of sp³-hybridized carbons (Fsp3) is 0.833. The average Bonchev–Trinajstić information content (AvgIpc) is 1.99. The molecule has 0 aromatic rings. The second-order valence-corrected chi connectivity index (χ2v) is 1.90. The monoisotopic (exact) mass is 182 g/mol. The van der Waals surface area contributed by atoms with Crippen molar-refractivity contribution in [2.75, 3.05) is 26.2 Å². The van der Waals surface area contributed by atoms with Gasteiger partial charge in [-0.05, 0) is 6.92 Å². The van der Waals surface area contributed by atoms with Gasteiger partial charge in [0.1, 0.15) is 0 Å². The van der Waals surface area contributed by atoms with Gasteiger partial charge in [-0.1, -0.05) is 0 Å². The van der Waals surface area contributed by atoms with Gasteiger partial charge in [0, 0.05) is 13.1 Å². The smallest absolute Gasteiger partial charge is 0.236 e. The van der Waals surface area contributed by atoms with Crippen molar-refractivity contribution in [2.45, 2.75) is 6.92 Å². The predicted octanol–water partition coefficient (Wildman–Crippen LogP) is -0.792. The maximum atomic E-state index is 10.8. The zero-order chi connectivity index (χ0) is 7.98. The number of nitrogens with zero attached hydrogens (tertiary/aromatic N) is 1. The highest BCUT2D eigenvalue weighted by molar-refractivity contribution is 5.85. The molecule has 0 rings (SSSR count). The third kappa shape index (κ3) is 5.01. The summed E-state index contributed by atoms with van der Waals surface area (Å²) in [5.41, 5.74) is 5.11. The van der Waals surface area contributed by atoms with Crippen LogP contribution in [0.3, 0.4) is 0 Å². The van der Waals surface area contributed by atoms with Crippen molar-refractivity contribution in [1.82, 2.24) is 4.90 Å². The molecule has 0 aromatic carbocycles. The molecule has 0 aromatic heterocycles. The molecule has 0 unspecified atom stereocenters. The summed E-state index contributed by atoms with van der Waals surface area (Å²) in [6.07, 6.45) is 0. The number of likely N-dealkylation sites (N-methyl/N-ethyl adjacent to an activating group) is 1. The van der Waals surface area contributed by atoms with Gasteiger partial charge in [-0.25, -0.2) is 0 Å². The number of carbonyl (C=O) groups is 1. The van der Waals surface area contributed by atoms with Gasteiger partial charge in [-0.3, -0.25) is 4.79 Å². The summed E-state index contributed by atoms with van der Waals surface area (Å²) in [4.78, 5) is 12.3. The first-order chi connectivity index (χ1) is 4.76. The molecule has 68 valence electrons. The normalized spacial score (nSPS) is 8.64. The number of aliphatic hydroxyl groups is 1. The van der Waals surface area contributed by atoms with E-state index >= 15 is 0 Å². The number of carbonyl (C=O) groups excluding carboxylic acids is 1. The predicted molar refractivity (Wildman–Crippen MR) is 45.6 cm³/mol. The maximum Gasteiger partial charge on any atom is 0.236 e. The topological polar surface area (TPSA) is 66.6 Å². The highest BCUT2D eigenvalue weighted by Crippen LogP contribution is 1.85. The molecule has 0 saturated heterocycles. The van der Waals surface area contributed by atoms with Crippen molar-refractivity contribution >= 4 is 18.3 Å². The Hall–Kier alpha value is -0.320. The average molecular weight is 183 g/mol. The van der Waals surface area contributed by atoms with E-state index in [4.69, 9.17) is 10.8 Å². The van der Waals surface area contributed by atoms with E-state index < -0.39 is 0 Å². The van der Waals surface area contributed by atoms with Gasteiger partial charge in [0.2, 0.25) is 5.91 Å². The Kier molecular flexibility index (Phi) is 9.40. The third-order valence-corrected chi connectivity index (χ3v) is 1.28. The minimum atomic E-state index is -0.114. The summed E-state index contributed by atoms with van der Waals surface area (Å²) in [5.74, 6) is -0.114. The zero-order valence-corrected chi connectivity index (χ0v) is 7.43. The number of amides is 1. The van der Waals surface area contributed by atoms with Crippen LogP contribution < -0.4 is 5.73 Å². The van der Waals surface area contributed by atoms with Crippen LogP contribution in [0, 0.1) is 0 Å². The molecular weight excluding hydrogens is 168 g/mol. The SMILES string of the molecule is CCN(CCO)C(=O)CN.Cl. The highest BCUT2D eigenvalue weighted by Gasteiger charge is 2.06. The first-order valence-corrected chi connectivity index (χ1v) is 3.35. The van der Waals surface area contributed by atoms with Crippen molar-refractivity contribution in [3.05, 3.63) is 0 Å². The van der Waals surface area contributed by atoms with Gasteiger partial charge in [-0.15, -0.1) is 12.4 Å². The second-order valence-electron chi connectivity index (χ2n) is 1.90. The molecule has 0 heterocycles. The molecule has 0 fully saturated rings. The molecule has 0 aliphatic carbocycles. The Morgan fingerprint density at radius 2 is 2.18 bits per heavy atom. The minimum Gasteiger partial charge on any atom is -0.395 e. The maximum absolute atomic E-state index is 10.8. The summed E-state index contributed by atoms with van der Waals surface area (Å²) in [7, 11) is 0. The van der Waals surface area contributed by atoms with Crippen molar-refractivity contribution in [1.29, 1.82) is 0 Å². The van der Waals surface area contributed by atoms with E-state index in [9.17, 15) is 4.79 Å². The molecular formula is C6H15ClN2O2. The molecule has 0 saturated carbocycles. The lowest BCUT2D eigenvalue weighted by atomic mass is 10.4. The molecule has 11 heavy (non-hydrogen) atoms. The summed E-state index contributed by atoms with van der Waals surface area (Å²) in [5, 5.41) is 8.48. The molecule has 0 atom stereocenters. The molecule has 3 N–H and O–H groups in total. The molecule has 0 radical (unpaired) electrons. The Bertz CT molecular complexity index is 111. The van der Waals surface area contributed by atoms with Gasteiger partial charge in [0.05, 0.1) is 13.2 Å². The van der Waals surface area contributed by atoms with E-state index in [1.165, 1.54) is 4.90 Å². The van der Waals surface area contributed by atoms with Crippen LogP contribution in [-0.2, 0) is 4.79 Å². The molecule has 0 spiro atoms. The first-order valence-electron chi connectivity index (χ1n) is 3.35. The van der Waals surface area contributed by atoms with Crippen LogP contribution in [0.1, 0.15) is 6.92 Å². The van der Waals surface area contributed by atoms with E-state index in [2.05, 4.69) is 0 Å².